The van der Waals surface area contributed by atoms with E-state index in [0.717, 1.165) is 31.3 Å². The van der Waals surface area contributed by atoms with Crippen molar-refractivity contribution in [2.75, 3.05) is 51.1 Å². The number of hydrogen-bond acceptors (Lipinski definition) is 3. The topological polar surface area (TPSA) is 13.0 Å². The van der Waals surface area contributed by atoms with E-state index >= 15 is 0 Å². The van der Waals surface area contributed by atoms with Crippen molar-refractivity contribution in [2.45, 2.75) is 13.1 Å². The molecule has 1 saturated heterocycles. The van der Waals surface area contributed by atoms with Crippen molar-refractivity contribution >= 4 is 28.7 Å². The van der Waals surface area contributed by atoms with E-state index in [1.165, 1.54) is 22.5 Å². The summed E-state index contributed by atoms with van der Waals surface area (Å²) in [6.07, 6.45) is 0. The van der Waals surface area contributed by atoms with Gasteiger partial charge in [-0.2, -0.15) is 0 Å². The van der Waals surface area contributed by atoms with Gasteiger partial charge in [-0.05, 0) is 47.6 Å². The Bertz CT molecular complexity index is 674. The molecule has 0 bridgehead atoms. The summed E-state index contributed by atoms with van der Waals surface area (Å²) < 4.78 is 0. The van der Waals surface area contributed by atoms with Gasteiger partial charge in [0, 0.05) is 65.7 Å². The molecule has 4 nitrogen and oxygen atoms in total. The van der Waals surface area contributed by atoms with E-state index in [4.69, 9.17) is 12.2 Å². The molecule has 1 aliphatic heterocycles. The first kappa shape index (κ1) is 18.5. The van der Waals surface area contributed by atoms with Crippen molar-refractivity contribution < 1.29 is 0 Å². The summed E-state index contributed by atoms with van der Waals surface area (Å²) in [7, 11) is 8.25. The molecule has 0 spiro atoms. The predicted octanol–water partition coefficient (Wildman–Crippen LogP) is 3.42. The van der Waals surface area contributed by atoms with Crippen LogP contribution in [-0.4, -0.2) is 56.2 Å². The van der Waals surface area contributed by atoms with Crippen LogP contribution in [0.3, 0.4) is 0 Å². The van der Waals surface area contributed by atoms with Crippen LogP contribution in [0.1, 0.15) is 11.1 Å². The van der Waals surface area contributed by atoms with E-state index in [2.05, 4.69) is 96.3 Å². The van der Waals surface area contributed by atoms with E-state index in [0.29, 0.717) is 0 Å². The molecule has 0 aliphatic carbocycles. The van der Waals surface area contributed by atoms with E-state index in [-0.39, 0.29) is 0 Å². The van der Waals surface area contributed by atoms with E-state index in [1.807, 2.05) is 0 Å². The molecule has 26 heavy (non-hydrogen) atoms. The van der Waals surface area contributed by atoms with Gasteiger partial charge in [0.1, 0.15) is 0 Å². The quantitative estimate of drug-likeness (QED) is 0.723. The van der Waals surface area contributed by atoms with Gasteiger partial charge in [0.15, 0.2) is 5.11 Å². The Labute approximate surface area is 162 Å². The SMILES string of the molecule is CN(C)c1ccc(CN2CCN(Cc3ccc(N(C)C)cc3)C2=S)cc1. The minimum absolute atomic E-state index is 0.878. The summed E-state index contributed by atoms with van der Waals surface area (Å²) in [5.74, 6) is 0. The van der Waals surface area contributed by atoms with Gasteiger partial charge >= 0.3 is 0 Å². The highest BCUT2D eigenvalue weighted by Crippen LogP contribution is 2.20. The molecule has 0 amide bonds. The number of rotatable bonds is 6. The fourth-order valence-corrected chi connectivity index (χ4v) is 3.48. The molecule has 138 valence electrons. The number of hydrogen-bond donors (Lipinski definition) is 0. The Morgan fingerprint density at radius 1 is 0.692 bits per heavy atom. The molecule has 2 aromatic rings. The van der Waals surface area contributed by atoms with Gasteiger partial charge in [0.2, 0.25) is 0 Å². The third kappa shape index (κ3) is 4.28. The van der Waals surface area contributed by atoms with Gasteiger partial charge in [-0.15, -0.1) is 0 Å². The maximum atomic E-state index is 5.73. The monoisotopic (exact) mass is 368 g/mol. The summed E-state index contributed by atoms with van der Waals surface area (Å²) in [4.78, 5) is 8.84. The summed E-state index contributed by atoms with van der Waals surface area (Å²) in [5, 5.41) is 0.957. The molecule has 0 unspecified atom stereocenters. The number of nitrogens with zero attached hydrogens (tertiary/aromatic N) is 4. The number of anilines is 2. The van der Waals surface area contributed by atoms with Crippen LogP contribution in [0, 0.1) is 0 Å². The molecule has 0 N–H and O–H groups in total. The van der Waals surface area contributed by atoms with Gasteiger partial charge in [0.05, 0.1) is 0 Å². The van der Waals surface area contributed by atoms with Gasteiger partial charge in [0.25, 0.3) is 0 Å². The summed E-state index contributed by atoms with van der Waals surface area (Å²) >= 11 is 5.73. The standard InChI is InChI=1S/C21H28N4S/c1-22(2)19-9-5-17(6-10-19)15-24-13-14-25(21(24)26)16-18-7-11-20(12-8-18)23(3)4/h5-12H,13-16H2,1-4H3. The molecular weight excluding hydrogens is 340 g/mol. The number of thiocarbonyl (C=S) groups is 1. The van der Waals surface area contributed by atoms with Crippen LogP contribution in [0.15, 0.2) is 48.5 Å². The van der Waals surface area contributed by atoms with Crippen molar-refractivity contribution in [3.63, 3.8) is 0 Å². The highest BCUT2D eigenvalue weighted by Gasteiger charge is 2.24. The zero-order chi connectivity index (χ0) is 18.7. The second kappa shape index (κ2) is 7.96. The Morgan fingerprint density at radius 3 is 1.35 bits per heavy atom. The minimum atomic E-state index is 0.878. The first-order valence-corrected chi connectivity index (χ1v) is 9.41. The molecule has 1 aliphatic rings. The Kier molecular flexibility index (Phi) is 5.67. The third-order valence-corrected chi connectivity index (χ3v) is 5.35. The Balaban J connectivity index is 1.59. The van der Waals surface area contributed by atoms with Crippen LogP contribution in [0.2, 0.25) is 0 Å². The lowest BCUT2D eigenvalue weighted by molar-refractivity contribution is 0.458. The first-order chi connectivity index (χ1) is 12.4. The zero-order valence-electron chi connectivity index (χ0n) is 16.1. The largest absolute Gasteiger partial charge is 0.378 e. The molecule has 2 aromatic carbocycles. The molecule has 0 atom stereocenters. The van der Waals surface area contributed by atoms with Crippen LogP contribution >= 0.6 is 12.2 Å². The van der Waals surface area contributed by atoms with Crippen molar-refractivity contribution in [3.8, 4) is 0 Å². The maximum absolute atomic E-state index is 5.73. The fourth-order valence-electron chi connectivity index (χ4n) is 3.17. The van der Waals surface area contributed by atoms with Crippen molar-refractivity contribution in [2.24, 2.45) is 0 Å². The molecule has 1 fully saturated rings. The van der Waals surface area contributed by atoms with Crippen LogP contribution in [-0.2, 0) is 13.1 Å². The van der Waals surface area contributed by atoms with E-state index in [1.54, 1.807) is 0 Å². The second-order valence-corrected chi connectivity index (χ2v) is 7.61. The Hall–Kier alpha value is -2.27. The average molecular weight is 369 g/mol. The summed E-state index contributed by atoms with van der Waals surface area (Å²) in [5.41, 5.74) is 5.05. The minimum Gasteiger partial charge on any atom is -0.378 e. The van der Waals surface area contributed by atoms with Gasteiger partial charge in [-0.1, -0.05) is 24.3 Å². The predicted molar refractivity (Wildman–Crippen MR) is 115 cm³/mol. The normalized spacial score (nSPS) is 14.1. The third-order valence-electron chi connectivity index (χ3n) is 4.83. The van der Waals surface area contributed by atoms with Crippen molar-refractivity contribution in [1.29, 1.82) is 0 Å². The highest BCUT2D eigenvalue weighted by atomic mass is 32.1. The molecule has 0 radical (unpaired) electrons. The van der Waals surface area contributed by atoms with Gasteiger partial charge < -0.3 is 19.6 Å². The van der Waals surface area contributed by atoms with E-state index < -0.39 is 0 Å². The zero-order valence-corrected chi connectivity index (χ0v) is 17.0. The molecule has 0 saturated carbocycles. The average Bonchev–Trinajstić information content (AvgIpc) is 2.96. The lowest BCUT2D eigenvalue weighted by atomic mass is 10.2. The lowest BCUT2D eigenvalue weighted by Gasteiger charge is -2.23. The van der Waals surface area contributed by atoms with Crippen LogP contribution in [0.4, 0.5) is 11.4 Å². The highest BCUT2D eigenvalue weighted by molar-refractivity contribution is 7.80. The van der Waals surface area contributed by atoms with Crippen molar-refractivity contribution in [1.82, 2.24) is 9.80 Å². The Morgan fingerprint density at radius 2 is 1.04 bits per heavy atom. The fraction of sp³-hybridized carbons (Fsp3) is 0.381. The molecule has 0 aromatic heterocycles. The van der Waals surface area contributed by atoms with Gasteiger partial charge in [-0.3, -0.25) is 0 Å². The molecule has 1 heterocycles. The maximum Gasteiger partial charge on any atom is 0.172 e. The first-order valence-electron chi connectivity index (χ1n) is 9.00. The lowest BCUT2D eigenvalue weighted by Crippen LogP contribution is -2.30. The molecule has 3 rings (SSSR count). The molecule has 5 heteroatoms. The van der Waals surface area contributed by atoms with Crippen LogP contribution in [0.25, 0.3) is 0 Å². The van der Waals surface area contributed by atoms with Crippen LogP contribution < -0.4 is 9.80 Å². The van der Waals surface area contributed by atoms with Crippen molar-refractivity contribution in [3.05, 3.63) is 59.7 Å². The van der Waals surface area contributed by atoms with Gasteiger partial charge in [-0.25, -0.2) is 0 Å². The van der Waals surface area contributed by atoms with Crippen LogP contribution in [0.5, 0.6) is 0 Å². The second-order valence-electron chi connectivity index (χ2n) is 7.25. The van der Waals surface area contributed by atoms with E-state index in [9.17, 15) is 0 Å². The summed E-state index contributed by atoms with van der Waals surface area (Å²) in [6, 6.07) is 17.4. The molecular formula is C21H28N4S. The smallest absolute Gasteiger partial charge is 0.172 e. The summed E-state index contributed by atoms with van der Waals surface area (Å²) in [6.45, 7) is 3.74. The number of benzene rings is 2.